The molecule has 100 valence electrons. The number of halogens is 1. The second kappa shape index (κ2) is 5.35. The summed E-state index contributed by atoms with van der Waals surface area (Å²) in [4.78, 5) is 14.4. The van der Waals surface area contributed by atoms with Gasteiger partial charge in [0.15, 0.2) is 0 Å². The topological polar surface area (TPSA) is 96.7 Å². The van der Waals surface area contributed by atoms with Crippen molar-refractivity contribution in [1.82, 2.24) is 15.2 Å². The summed E-state index contributed by atoms with van der Waals surface area (Å²) in [5, 5.41) is 20.6. The molecular formula is C11H12BrN5O2. The molecule has 0 saturated carbocycles. The van der Waals surface area contributed by atoms with E-state index in [1.54, 1.807) is 19.3 Å². The van der Waals surface area contributed by atoms with Crippen LogP contribution in [0, 0.1) is 17.0 Å². The lowest BCUT2D eigenvalue weighted by Crippen LogP contribution is -2.09. The van der Waals surface area contributed by atoms with E-state index in [1.165, 1.54) is 6.20 Å². The fraction of sp³-hybridized carbons (Fsp3) is 0.273. The van der Waals surface area contributed by atoms with Crippen molar-refractivity contribution >= 4 is 27.4 Å². The number of H-pyrrole nitrogens is 1. The highest BCUT2D eigenvalue weighted by Gasteiger charge is 2.18. The van der Waals surface area contributed by atoms with Crippen molar-refractivity contribution in [3.05, 3.63) is 44.3 Å². The Morgan fingerprint density at radius 2 is 2.26 bits per heavy atom. The van der Waals surface area contributed by atoms with Gasteiger partial charge in [-0.2, -0.15) is 5.10 Å². The molecule has 7 nitrogen and oxygen atoms in total. The molecule has 2 aromatic rings. The molecule has 1 unspecified atom stereocenters. The minimum absolute atomic E-state index is 0.00612. The monoisotopic (exact) mass is 325 g/mol. The summed E-state index contributed by atoms with van der Waals surface area (Å²) >= 11 is 3.34. The van der Waals surface area contributed by atoms with Crippen LogP contribution in [0.2, 0.25) is 0 Å². The van der Waals surface area contributed by atoms with E-state index in [0.717, 1.165) is 5.56 Å². The zero-order chi connectivity index (χ0) is 14.0. The zero-order valence-corrected chi connectivity index (χ0v) is 11.9. The highest BCUT2D eigenvalue weighted by molar-refractivity contribution is 9.10. The van der Waals surface area contributed by atoms with Crippen molar-refractivity contribution in [1.29, 1.82) is 0 Å². The Balaban J connectivity index is 2.27. The van der Waals surface area contributed by atoms with E-state index in [0.29, 0.717) is 15.9 Å². The number of rotatable bonds is 4. The standard InChI is InChI=1S/C11H12BrN5O2/c1-6-9(17(18)19)5-13-11(10(6)12)16-7(2)8-3-14-15-4-8/h3-5,7H,1-2H3,(H,13,16)(H,14,15). The summed E-state index contributed by atoms with van der Waals surface area (Å²) in [5.74, 6) is 0.566. The lowest BCUT2D eigenvalue weighted by Gasteiger charge is -2.14. The smallest absolute Gasteiger partial charge is 0.291 e. The number of aromatic amines is 1. The number of hydrogen-bond acceptors (Lipinski definition) is 5. The molecule has 0 aliphatic heterocycles. The maximum Gasteiger partial charge on any atom is 0.291 e. The van der Waals surface area contributed by atoms with Crippen LogP contribution in [-0.4, -0.2) is 20.1 Å². The van der Waals surface area contributed by atoms with Gasteiger partial charge in [-0.1, -0.05) is 0 Å². The lowest BCUT2D eigenvalue weighted by molar-refractivity contribution is -0.385. The van der Waals surface area contributed by atoms with Crippen LogP contribution in [0.25, 0.3) is 0 Å². The van der Waals surface area contributed by atoms with E-state index in [4.69, 9.17) is 0 Å². The van der Waals surface area contributed by atoms with E-state index < -0.39 is 4.92 Å². The van der Waals surface area contributed by atoms with Gasteiger partial charge in [0.25, 0.3) is 5.69 Å². The average molecular weight is 326 g/mol. The second-order valence-corrected chi connectivity index (χ2v) is 4.88. The fourth-order valence-corrected chi connectivity index (χ4v) is 2.06. The predicted octanol–water partition coefficient (Wildman–Crippen LogP) is 2.96. The van der Waals surface area contributed by atoms with Crippen LogP contribution >= 0.6 is 15.9 Å². The molecule has 8 heteroatoms. The van der Waals surface area contributed by atoms with Gasteiger partial charge in [0.2, 0.25) is 0 Å². The summed E-state index contributed by atoms with van der Waals surface area (Å²) in [6.45, 7) is 3.63. The highest BCUT2D eigenvalue weighted by Crippen LogP contribution is 2.32. The van der Waals surface area contributed by atoms with Crippen LogP contribution in [-0.2, 0) is 0 Å². The van der Waals surface area contributed by atoms with Crippen molar-refractivity contribution in [2.24, 2.45) is 0 Å². The number of nitro groups is 1. The summed E-state index contributed by atoms with van der Waals surface area (Å²) in [7, 11) is 0. The summed E-state index contributed by atoms with van der Waals surface area (Å²) in [5.41, 5.74) is 1.51. The van der Waals surface area contributed by atoms with Gasteiger partial charge in [-0.3, -0.25) is 15.2 Å². The normalized spacial score (nSPS) is 12.2. The molecule has 2 rings (SSSR count). The first kappa shape index (κ1) is 13.5. The Morgan fingerprint density at radius 3 is 2.84 bits per heavy atom. The molecule has 2 heterocycles. The molecule has 0 aromatic carbocycles. The van der Waals surface area contributed by atoms with E-state index >= 15 is 0 Å². The molecule has 2 aromatic heterocycles. The highest BCUT2D eigenvalue weighted by atomic mass is 79.9. The molecule has 19 heavy (non-hydrogen) atoms. The van der Waals surface area contributed by atoms with Gasteiger partial charge in [0, 0.05) is 17.3 Å². The molecule has 0 amide bonds. The SMILES string of the molecule is Cc1c([N+](=O)[O-])cnc(NC(C)c2cn[nH]c2)c1Br. The van der Waals surface area contributed by atoms with Crippen molar-refractivity contribution in [3.63, 3.8) is 0 Å². The fourth-order valence-electron chi connectivity index (χ4n) is 1.64. The summed E-state index contributed by atoms with van der Waals surface area (Å²) < 4.78 is 0.594. The van der Waals surface area contributed by atoms with Crippen LogP contribution in [0.15, 0.2) is 23.1 Å². The van der Waals surface area contributed by atoms with Crippen LogP contribution in [0.3, 0.4) is 0 Å². The quantitative estimate of drug-likeness (QED) is 0.665. The third-order valence-corrected chi connectivity index (χ3v) is 3.78. The van der Waals surface area contributed by atoms with Gasteiger partial charge in [-0.15, -0.1) is 0 Å². The van der Waals surface area contributed by atoms with Crippen molar-refractivity contribution in [2.45, 2.75) is 19.9 Å². The van der Waals surface area contributed by atoms with Crippen molar-refractivity contribution in [2.75, 3.05) is 5.32 Å². The molecule has 0 fully saturated rings. The molecule has 1 atom stereocenters. The van der Waals surface area contributed by atoms with Gasteiger partial charge < -0.3 is 5.32 Å². The Labute approximate surface area is 117 Å². The van der Waals surface area contributed by atoms with Gasteiger partial charge in [-0.05, 0) is 29.8 Å². The van der Waals surface area contributed by atoms with Gasteiger partial charge in [0.05, 0.1) is 21.6 Å². The third kappa shape index (κ3) is 2.73. The molecule has 0 aliphatic rings. The minimum atomic E-state index is -0.448. The van der Waals surface area contributed by atoms with Gasteiger partial charge in [0.1, 0.15) is 12.0 Å². The van der Waals surface area contributed by atoms with E-state index in [1.807, 2.05) is 6.92 Å². The van der Waals surface area contributed by atoms with E-state index in [-0.39, 0.29) is 11.7 Å². The van der Waals surface area contributed by atoms with Crippen LogP contribution < -0.4 is 5.32 Å². The van der Waals surface area contributed by atoms with Crippen LogP contribution in [0.4, 0.5) is 11.5 Å². The minimum Gasteiger partial charge on any atom is -0.362 e. The molecule has 0 spiro atoms. The first-order chi connectivity index (χ1) is 9.00. The largest absolute Gasteiger partial charge is 0.362 e. The summed E-state index contributed by atoms with van der Waals surface area (Å²) in [6.07, 6.45) is 4.75. The van der Waals surface area contributed by atoms with Gasteiger partial charge in [-0.25, -0.2) is 4.98 Å². The number of nitrogens with one attached hydrogen (secondary N) is 2. The predicted molar refractivity (Wildman–Crippen MR) is 74.0 cm³/mol. The second-order valence-electron chi connectivity index (χ2n) is 4.09. The van der Waals surface area contributed by atoms with Crippen LogP contribution in [0.1, 0.15) is 24.1 Å². The van der Waals surface area contributed by atoms with Gasteiger partial charge >= 0.3 is 0 Å². The molecule has 0 radical (unpaired) electrons. The Morgan fingerprint density at radius 1 is 1.53 bits per heavy atom. The Bertz CT molecular complexity index is 599. The summed E-state index contributed by atoms with van der Waals surface area (Å²) in [6, 6.07) is -0.0107. The molecule has 2 N–H and O–H groups in total. The van der Waals surface area contributed by atoms with E-state index in [2.05, 4.69) is 36.4 Å². The number of nitrogens with zero attached hydrogens (tertiary/aromatic N) is 3. The van der Waals surface area contributed by atoms with Crippen LogP contribution in [0.5, 0.6) is 0 Å². The average Bonchev–Trinajstić information content (AvgIpc) is 2.88. The van der Waals surface area contributed by atoms with Crippen molar-refractivity contribution < 1.29 is 4.92 Å². The lowest BCUT2D eigenvalue weighted by atomic mass is 10.2. The maximum absolute atomic E-state index is 10.8. The number of pyridine rings is 1. The molecular weight excluding hydrogens is 314 g/mol. The number of anilines is 1. The van der Waals surface area contributed by atoms with E-state index in [9.17, 15) is 10.1 Å². The zero-order valence-electron chi connectivity index (χ0n) is 10.3. The molecule has 0 bridgehead atoms. The Kier molecular flexibility index (Phi) is 3.79. The molecule has 0 saturated heterocycles. The number of hydrogen-bond donors (Lipinski definition) is 2. The molecule has 0 aliphatic carbocycles. The number of aromatic nitrogens is 3. The third-order valence-electron chi connectivity index (χ3n) is 2.81. The Hall–Kier alpha value is -1.96. The first-order valence-electron chi connectivity index (χ1n) is 5.55. The first-order valence-corrected chi connectivity index (χ1v) is 6.34. The maximum atomic E-state index is 10.8. The van der Waals surface area contributed by atoms with Crippen molar-refractivity contribution in [3.8, 4) is 0 Å².